The van der Waals surface area contributed by atoms with Gasteiger partial charge in [-0.1, -0.05) is 44.5 Å². The van der Waals surface area contributed by atoms with Gasteiger partial charge in [-0.2, -0.15) is 0 Å². The third kappa shape index (κ3) is 6.65. The van der Waals surface area contributed by atoms with Crippen molar-refractivity contribution in [1.29, 1.82) is 0 Å². The number of hydrogen-bond donors (Lipinski definition) is 2. The summed E-state index contributed by atoms with van der Waals surface area (Å²) in [5.41, 5.74) is 0.570. The van der Waals surface area contributed by atoms with Crippen molar-refractivity contribution in [2.24, 2.45) is 5.41 Å². The average molecular weight is 459 g/mol. The topological polar surface area (TPSA) is 102 Å². The first-order chi connectivity index (χ1) is 14.9. The number of amides is 2. The molecule has 0 radical (unpaired) electrons. The van der Waals surface area contributed by atoms with Crippen LogP contribution in [0.1, 0.15) is 55.3 Å². The molecule has 0 fully saturated rings. The van der Waals surface area contributed by atoms with Crippen LogP contribution in [0.3, 0.4) is 0 Å². The van der Waals surface area contributed by atoms with Crippen molar-refractivity contribution < 1.29 is 23.9 Å². The number of ether oxygens (including phenoxy) is 1. The first-order valence-corrected chi connectivity index (χ1v) is 10.5. The van der Waals surface area contributed by atoms with E-state index in [0.29, 0.717) is 11.3 Å². The molecule has 2 unspecified atom stereocenters. The molecular weight excluding hydrogens is 432 g/mol. The van der Waals surface area contributed by atoms with Gasteiger partial charge in [-0.3, -0.25) is 14.4 Å². The Hall–Kier alpha value is -3.19. The van der Waals surface area contributed by atoms with Crippen molar-refractivity contribution in [1.82, 2.24) is 5.32 Å². The molecule has 0 aromatic heterocycles. The van der Waals surface area contributed by atoms with E-state index in [1.54, 1.807) is 63.2 Å². The van der Waals surface area contributed by atoms with Crippen LogP contribution in [0.15, 0.2) is 48.5 Å². The highest BCUT2D eigenvalue weighted by Gasteiger charge is 2.25. The predicted molar refractivity (Wildman–Crippen MR) is 123 cm³/mol. The fourth-order valence-corrected chi connectivity index (χ4v) is 2.80. The van der Waals surface area contributed by atoms with Crippen LogP contribution in [0.25, 0.3) is 0 Å². The Labute approximate surface area is 192 Å². The van der Waals surface area contributed by atoms with E-state index in [1.807, 2.05) is 0 Å². The number of carbonyl (C=O) groups is 4. The lowest BCUT2D eigenvalue weighted by molar-refractivity contribution is -0.148. The van der Waals surface area contributed by atoms with E-state index >= 15 is 0 Å². The molecule has 0 saturated carbocycles. The summed E-state index contributed by atoms with van der Waals surface area (Å²) < 4.78 is 5.23. The van der Waals surface area contributed by atoms with Gasteiger partial charge in [0.2, 0.25) is 11.7 Å². The van der Waals surface area contributed by atoms with E-state index in [9.17, 15) is 19.2 Å². The summed E-state index contributed by atoms with van der Waals surface area (Å²) >= 11 is 5.99. The molecule has 0 aliphatic heterocycles. The zero-order valence-electron chi connectivity index (χ0n) is 18.7. The summed E-state index contributed by atoms with van der Waals surface area (Å²) in [5, 5.41) is 5.54. The molecule has 170 valence electrons. The van der Waals surface area contributed by atoms with Gasteiger partial charge in [0.1, 0.15) is 6.04 Å². The molecule has 2 aromatic rings. The molecule has 2 aromatic carbocycles. The van der Waals surface area contributed by atoms with Gasteiger partial charge in [0.25, 0.3) is 5.91 Å². The highest BCUT2D eigenvalue weighted by atomic mass is 35.5. The van der Waals surface area contributed by atoms with Crippen LogP contribution in [0.5, 0.6) is 0 Å². The standard InChI is InChI=1S/C24H27ClN2O5/c1-14(26-21(29)18-8-6-7-9-19(18)25)22(30)32-15(2)20(28)16-10-12-17(13-11-16)27-23(31)24(3,4)5/h6-15H,1-5H3,(H,26,29)(H,27,31). The number of esters is 1. The number of nitrogens with one attached hydrogen (secondary N) is 2. The molecule has 8 heteroatoms. The third-order valence-electron chi connectivity index (χ3n) is 4.59. The van der Waals surface area contributed by atoms with Gasteiger partial charge in [0.15, 0.2) is 6.10 Å². The van der Waals surface area contributed by atoms with Crippen molar-refractivity contribution in [3.63, 3.8) is 0 Å². The lowest BCUT2D eigenvalue weighted by Gasteiger charge is -2.18. The summed E-state index contributed by atoms with van der Waals surface area (Å²) in [6.45, 7) is 8.31. The number of carbonyl (C=O) groups excluding carboxylic acids is 4. The molecule has 0 aliphatic rings. The quantitative estimate of drug-likeness (QED) is 0.477. The van der Waals surface area contributed by atoms with Crippen molar-refractivity contribution >= 4 is 40.9 Å². The maximum atomic E-state index is 12.6. The van der Waals surface area contributed by atoms with Crippen molar-refractivity contribution in [2.45, 2.75) is 46.8 Å². The van der Waals surface area contributed by atoms with E-state index < -0.39 is 35.2 Å². The number of rotatable bonds is 7. The van der Waals surface area contributed by atoms with E-state index in [2.05, 4.69) is 10.6 Å². The van der Waals surface area contributed by atoms with Gasteiger partial charge in [-0.25, -0.2) is 4.79 Å². The minimum absolute atomic E-state index is 0.147. The fourth-order valence-electron chi connectivity index (χ4n) is 2.58. The molecule has 2 rings (SSSR count). The number of ketones is 1. The van der Waals surface area contributed by atoms with E-state index in [1.165, 1.54) is 19.9 Å². The second-order valence-electron chi connectivity index (χ2n) is 8.40. The van der Waals surface area contributed by atoms with Gasteiger partial charge >= 0.3 is 5.97 Å². The number of anilines is 1. The first kappa shape index (κ1) is 25.1. The first-order valence-electron chi connectivity index (χ1n) is 10.1. The molecule has 0 heterocycles. The minimum Gasteiger partial charge on any atom is -0.453 e. The normalized spacial score (nSPS) is 12.9. The van der Waals surface area contributed by atoms with Crippen LogP contribution in [0.2, 0.25) is 5.02 Å². The SMILES string of the molecule is CC(NC(=O)c1ccccc1Cl)C(=O)OC(C)C(=O)c1ccc(NC(=O)C(C)(C)C)cc1. The fraction of sp³-hybridized carbons (Fsp3) is 0.333. The monoisotopic (exact) mass is 458 g/mol. The van der Waals surface area contributed by atoms with Crippen LogP contribution < -0.4 is 10.6 Å². The van der Waals surface area contributed by atoms with E-state index in [-0.39, 0.29) is 16.5 Å². The summed E-state index contributed by atoms with van der Waals surface area (Å²) in [6.07, 6.45) is -1.06. The Morgan fingerprint density at radius 2 is 1.53 bits per heavy atom. The van der Waals surface area contributed by atoms with Gasteiger partial charge in [0.05, 0.1) is 10.6 Å². The summed E-state index contributed by atoms with van der Waals surface area (Å²) in [6, 6.07) is 11.8. The number of Topliss-reactive ketones (excluding diaryl/α,β-unsaturated/α-hetero) is 1. The summed E-state index contributed by atoms with van der Waals surface area (Å²) in [5.74, 6) is -1.82. The second kappa shape index (κ2) is 10.4. The molecule has 2 N–H and O–H groups in total. The Morgan fingerprint density at radius 3 is 2.09 bits per heavy atom. The van der Waals surface area contributed by atoms with Crippen LogP contribution in [0.4, 0.5) is 5.69 Å². The Bertz CT molecular complexity index is 1010. The van der Waals surface area contributed by atoms with Crippen LogP contribution in [-0.2, 0) is 14.3 Å². The Kier molecular flexibility index (Phi) is 8.16. The predicted octanol–water partition coefficient (Wildman–Crippen LogP) is 4.26. The maximum absolute atomic E-state index is 12.6. The van der Waals surface area contributed by atoms with Gasteiger partial charge in [-0.15, -0.1) is 0 Å². The molecule has 2 atom stereocenters. The molecule has 2 amide bonds. The number of hydrogen-bond acceptors (Lipinski definition) is 5. The maximum Gasteiger partial charge on any atom is 0.329 e. The molecule has 7 nitrogen and oxygen atoms in total. The Balaban J connectivity index is 1.95. The minimum atomic E-state index is -1.06. The molecule has 0 aliphatic carbocycles. The second-order valence-corrected chi connectivity index (χ2v) is 8.81. The smallest absolute Gasteiger partial charge is 0.329 e. The van der Waals surface area contributed by atoms with Crippen LogP contribution >= 0.6 is 11.6 Å². The highest BCUT2D eigenvalue weighted by Crippen LogP contribution is 2.19. The van der Waals surface area contributed by atoms with Crippen molar-refractivity contribution in [2.75, 3.05) is 5.32 Å². The van der Waals surface area contributed by atoms with E-state index in [4.69, 9.17) is 16.3 Å². The molecule has 32 heavy (non-hydrogen) atoms. The summed E-state index contributed by atoms with van der Waals surface area (Å²) in [4.78, 5) is 49.3. The van der Waals surface area contributed by atoms with Gasteiger partial charge in [0, 0.05) is 16.7 Å². The van der Waals surface area contributed by atoms with E-state index in [0.717, 1.165) is 0 Å². The number of benzene rings is 2. The van der Waals surface area contributed by atoms with Crippen LogP contribution in [0, 0.1) is 5.41 Å². The molecule has 0 saturated heterocycles. The van der Waals surface area contributed by atoms with Crippen molar-refractivity contribution in [3.8, 4) is 0 Å². The largest absolute Gasteiger partial charge is 0.453 e. The third-order valence-corrected chi connectivity index (χ3v) is 4.92. The zero-order valence-corrected chi connectivity index (χ0v) is 19.4. The van der Waals surface area contributed by atoms with Crippen LogP contribution in [-0.4, -0.2) is 35.7 Å². The number of halogens is 1. The Morgan fingerprint density at radius 1 is 0.938 bits per heavy atom. The highest BCUT2D eigenvalue weighted by molar-refractivity contribution is 6.33. The molecule has 0 bridgehead atoms. The molecular formula is C24H27ClN2O5. The molecule has 0 spiro atoms. The van der Waals surface area contributed by atoms with Gasteiger partial charge in [-0.05, 0) is 50.2 Å². The lowest BCUT2D eigenvalue weighted by Crippen LogP contribution is -2.41. The zero-order chi connectivity index (χ0) is 24.1. The summed E-state index contributed by atoms with van der Waals surface area (Å²) in [7, 11) is 0. The van der Waals surface area contributed by atoms with Gasteiger partial charge < -0.3 is 15.4 Å². The lowest BCUT2D eigenvalue weighted by atomic mass is 9.95. The van der Waals surface area contributed by atoms with Crippen molar-refractivity contribution in [3.05, 3.63) is 64.7 Å². The average Bonchev–Trinajstić information content (AvgIpc) is 2.73.